The highest BCUT2D eigenvalue weighted by Gasteiger charge is 2.08. The number of hydrogen-bond acceptors (Lipinski definition) is 3. The van der Waals surface area contributed by atoms with Crippen LogP contribution in [0.4, 0.5) is 0 Å². The zero-order chi connectivity index (χ0) is 15.5. The van der Waals surface area contributed by atoms with Crippen LogP contribution in [0.1, 0.15) is 11.1 Å². The molecule has 0 amide bonds. The van der Waals surface area contributed by atoms with Crippen molar-refractivity contribution in [3.63, 3.8) is 0 Å². The number of methoxy groups -OCH3 is 1. The molecule has 3 rings (SSSR count). The number of ether oxygens (including phenoxy) is 2. The van der Waals surface area contributed by atoms with Gasteiger partial charge in [-0.05, 0) is 42.0 Å². The van der Waals surface area contributed by atoms with E-state index in [0.717, 1.165) is 22.6 Å². The van der Waals surface area contributed by atoms with Gasteiger partial charge in [-0.3, -0.25) is 0 Å². The zero-order valence-electron chi connectivity index (χ0n) is 12.9. The minimum absolute atomic E-state index is 0.525. The van der Waals surface area contributed by atoms with Gasteiger partial charge in [-0.1, -0.05) is 6.07 Å². The summed E-state index contributed by atoms with van der Waals surface area (Å²) in [6.45, 7) is 1.07. The molecule has 0 unspecified atom stereocenters. The number of hydrogen-bond donors (Lipinski definition) is 1. The molecule has 22 heavy (non-hydrogen) atoms. The van der Waals surface area contributed by atoms with Crippen LogP contribution >= 0.6 is 0 Å². The van der Waals surface area contributed by atoms with E-state index in [9.17, 15) is 0 Å². The Hall–Kier alpha value is -2.46. The topological polar surface area (TPSA) is 49.4 Å². The molecule has 0 aliphatic heterocycles. The molecule has 0 fully saturated rings. The zero-order valence-corrected chi connectivity index (χ0v) is 12.9. The van der Waals surface area contributed by atoms with E-state index in [1.54, 1.807) is 7.11 Å². The number of rotatable bonds is 5. The third-order valence-electron chi connectivity index (χ3n) is 3.83. The molecule has 0 spiro atoms. The predicted molar refractivity (Wildman–Crippen MR) is 88.1 cm³/mol. The average molecular weight is 296 g/mol. The van der Waals surface area contributed by atoms with E-state index < -0.39 is 0 Å². The molecule has 0 aliphatic carbocycles. The summed E-state index contributed by atoms with van der Waals surface area (Å²) in [4.78, 5) is 0. The van der Waals surface area contributed by atoms with Crippen LogP contribution in [0.25, 0.3) is 10.9 Å². The standard InChI is InChI=1S/C18H20N2O2/c1-20-11-14(17-9-13(10-19)3-8-18(17)20)12-22-16-6-4-15(21-2)5-7-16/h3-9,11H,10,12,19H2,1-2H3. The molecule has 0 saturated heterocycles. The molecule has 2 N–H and O–H groups in total. The first-order valence-electron chi connectivity index (χ1n) is 7.25. The minimum atomic E-state index is 0.525. The number of aromatic nitrogens is 1. The lowest BCUT2D eigenvalue weighted by Crippen LogP contribution is -1.97. The second kappa shape index (κ2) is 6.12. The molecule has 0 atom stereocenters. The van der Waals surface area contributed by atoms with Crippen molar-refractivity contribution in [1.82, 2.24) is 4.57 Å². The van der Waals surface area contributed by atoms with E-state index in [1.165, 1.54) is 10.9 Å². The van der Waals surface area contributed by atoms with Gasteiger partial charge in [0.1, 0.15) is 18.1 Å². The Morgan fingerprint density at radius 1 is 1.05 bits per heavy atom. The number of benzene rings is 2. The number of fused-ring (bicyclic) bond motifs is 1. The lowest BCUT2D eigenvalue weighted by molar-refractivity contribution is 0.306. The van der Waals surface area contributed by atoms with Gasteiger partial charge in [0.25, 0.3) is 0 Å². The monoisotopic (exact) mass is 296 g/mol. The van der Waals surface area contributed by atoms with Gasteiger partial charge in [-0.15, -0.1) is 0 Å². The van der Waals surface area contributed by atoms with Crippen LogP contribution in [-0.2, 0) is 20.2 Å². The van der Waals surface area contributed by atoms with E-state index in [-0.39, 0.29) is 0 Å². The van der Waals surface area contributed by atoms with E-state index in [1.807, 2.05) is 31.3 Å². The molecule has 1 heterocycles. The smallest absolute Gasteiger partial charge is 0.120 e. The lowest BCUT2D eigenvalue weighted by atomic mass is 10.1. The third-order valence-corrected chi connectivity index (χ3v) is 3.83. The van der Waals surface area contributed by atoms with Crippen LogP contribution in [0.3, 0.4) is 0 Å². The maximum absolute atomic E-state index is 5.89. The summed E-state index contributed by atoms with van der Waals surface area (Å²) >= 11 is 0. The van der Waals surface area contributed by atoms with Crippen molar-refractivity contribution in [3.8, 4) is 11.5 Å². The van der Waals surface area contributed by atoms with Crippen LogP contribution in [0.15, 0.2) is 48.7 Å². The maximum Gasteiger partial charge on any atom is 0.120 e. The molecule has 0 radical (unpaired) electrons. The van der Waals surface area contributed by atoms with E-state index in [0.29, 0.717) is 13.2 Å². The Morgan fingerprint density at radius 3 is 2.45 bits per heavy atom. The first-order valence-corrected chi connectivity index (χ1v) is 7.25. The quantitative estimate of drug-likeness (QED) is 0.786. The Balaban J connectivity index is 1.83. The fourth-order valence-corrected chi connectivity index (χ4v) is 2.60. The molecule has 1 aromatic heterocycles. The highest BCUT2D eigenvalue weighted by molar-refractivity contribution is 5.84. The van der Waals surface area contributed by atoms with Gasteiger partial charge in [0.15, 0.2) is 0 Å². The van der Waals surface area contributed by atoms with Crippen LogP contribution < -0.4 is 15.2 Å². The van der Waals surface area contributed by atoms with Crippen LogP contribution in [0.5, 0.6) is 11.5 Å². The molecule has 3 aromatic rings. The summed E-state index contributed by atoms with van der Waals surface area (Å²) in [6, 6.07) is 13.9. The summed E-state index contributed by atoms with van der Waals surface area (Å²) in [5.74, 6) is 1.65. The van der Waals surface area contributed by atoms with Crippen LogP contribution in [0, 0.1) is 0 Å². The minimum Gasteiger partial charge on any atom is -0.497 e. The molecule has 2 aromatic carbocycles. The van der Waals surface area contributed by atoms with Gasteiger partial charge in [-0.2, -0.15) is 0 Å². The van der Waals surface area contributed by atoms with Gasteiger partial charge < -0.3 is 19.8 Å². The molecule has 114 valence electrons. The van der Waals surface area contributed by atoms with E-state index in [4.69, 9.17) is 15.2 Å². The molecule has 4 nitrogen and oxygen atoms in total. The normalized spacial score (nSPS) is 10.9. The second-order valence-corrected chi connectivity index (χ2v) is 5.29. The molecule has 0 saturated carbocycles. The van der Waals surface area contributed by atoms with Crippen molar-refractivity contribution in [2.24, 2.45) is 12.8 Å². The Bertz CT molecular complexity index is 776. The van der Waals surface area contributed by atoms with E-state index >= 15 is 0 Å². The molecule has 0 bridgehead atoms. The van der Waals surface area contributed by atoms with Crippen molar-refractivity contribution in [1.29, 1.82) is 0 Å². The largest absolute Gasteiger partial charge is 0.497 e. The fourth-order valence-electron chi connectivity index (χ4n) is 2.60. The highest BCUT2D eigenvalue weighted by Crippen LogP contribution is 2.24. The van der Waals surface area contributed by atoms with Crippen molar-refractivity contribution in [3.05, 3.63) is 59.8 Å². The first-order chi connectivity index (χ1) is 10.7. The van der Waals surface area contributed by atoms with Crippen molar-refractivity contribution in [2.75, 3.05) is 7.11 Å². The third kappa shape index (κ3) is 2.78. The summed E-state index contributed by atoms with van der Waals surface area (Å²) in [7, 11) is 3.70. The maximum atomic E-state index is 5.89. The summed E-state index contributed by atoms with van der Waals surface area (Å²) in [5, 5.41) is 1.19. The predicted octanol–water partition coefficient (Wildman–Crippen LogP) is 3.22. The molecule has 4 heteroatoms. The Kier molecular flexibility index (Phi) is 4.02. The first kappa shape index (κ1) is 14.5. The highest BCUT2D eigenvalue weighted by atomic mass is 16.5. The molecular weight excluding hydrogens is 276 g/mol. The summed E-state index contributed by atoms with van der Waals surface area (Å²) < 4.78 is 13.1. The van der Waals surface area contributed by atoms with Crippen LogP contribution in [-0.4, -0.2) is 11.7 Å². The van der Waals surface area contributed by atoms with Gasteiger partial charge in [-0.25, -0.2) is 0 Å². The summed E-state index contributed by atoms with van der Waals surface area (Å²) in [5.41, 5.74) is 9.21. The Labute approximate surface area is 130 Å². The Morgan fingerprint density at radius 2 is 1.77 bits per heavy atom. The van der Waals surface area contributed by atoms with Gasteiger partial charge >= 0.3 is 0 Å². The fraction of sp³-hybridized carbons (Fsp3) is 0.222. The van der Waals surface area contributed by atoms with Crippen molar-refractivity contribution < 1.29 is 9.47 Å². The second-order valence-electron chi connectivity index (χ2n) is 5.29. The molecular formula is C18H20N2O2. The summed E-state index contributed by atoms with van der Waals surface area (Å²) in [6.07, 6.45) is 2.11. The lowest BCUT2D eigenvalue weighted by Gasteiger charge is -2.07. The molecule has 0 aliphatic rings. The number of aryl methyl sites for hydroxylation is 1. The average Bonchev–Trinajstić information content (AvgIpc) is 2.89. The van der Waals surface area contributed by atoms with Gasteiger partial charge in [0, 0.05) is 36.3 Å². The number of nitrogens with zero attached hydrogens (tertiary/aromatic N) is 1. The van der Waals surface area contributed by atoms with Gasteiger partial charge in [0.05, 0.1) is 7.11 Å². The number of nitrogens with two attached hydrogens (primary N) is 1. The SMILES string of the molecule is COc1ccc(OCc2cn(C)c3ccc(CN)cc23)cc1. The van der Waals surface area contributed by atoms with E-state index in [2.05, 4.69) is 29.0 Å². The van der Waals surface area contributed by atoms with Crippen LogP contribution in [0.2, 0.25) is 0 Å². The van der Waals surface area contributed by atoms with Crippen molar-refractivity contribution >= 4 is 10.9 Å². The van der Waals surface area contributed by atoms with Crippen molar-refractivity contribution in [2.45, 2.75) is 13.2 Å². The van der Waals surface area contributed by atoms with Gasteiger partial charge in [0.2, 0.25) is 0 Å².